The van der Waals surface area contributed by atoms with Crippen LogP contribution in [0.2, 0.25) is 0 Å². The van der Waals surface area contributed by atoms with E-state index in [0.717, 1.165) is 24.7 Å². The molecule has 2 bridgehead atoms. The monoisotopic (exact) mass is 220 g/mol. The second kappa shape index (κ2) is 4.22. The molecule has 0 amide bonds. The summed E-state index contributed by atoms with van der Waals surface area (Å²) >= 11 is 0. The Balaban J connectivity index is 1.69. The lowest BCUT2D eigenvalue weighted by molar-refractivity contribution is 0.111. The van der Waals surface area contributed by atoms with Gasteiger partial charge in [-0.1, -0.05) is 0 Å². The molecule has 0 radical (unpaired) electrons. The molecule has 2 saturated heterocycles. The normalized spacial score (nSPS) is 34.4. The first-order valence-electron chi connectivity index (χ1n) is 6.31. The molecule has 2 aliphatic heterocycles. The minimum absolute atomic E-state index is 0.734. The molecule has 3 heterocycles. The Kier molecular flexibility index (Phi) is 2.74. The molecule has 88 valence electrons. The SMILES string of the molecule is CNC1CC2CCC(C1)N2Cc1ccoc1. The molecule has 2 unspecified atom stereocenters. The predicted molar refractivity (Wildman–Crippen MR) is 63.1 cm³/mol. The first kappa shape index (κ1) is 10.4. The Labute approximate surface area is 96.8 Å². The highest BCUT2D eigenvalue weighted by atomic mass is 16.3. The van der Waals surface area contributed by atoms with Gasteiger partial charge in [0.1, 0.15) is 0 Å². The number of nitrogens with one attached hydrogen (secondary N) is 1. The molecular formula is C13H20N2O. The van der Waals surface area contributed by atoms with E-state index in [4.69, 9.17) is 4.42 Å². The Morgan fingerprint density at radius 2 is 2.12 bits per heavy atom. The van der Waals surface area contributed by atoms with E-state index in [0.29, 0.717) is 0 Å². The van der Waals surface area contributed by atoms with E-state index >= 15 is 0 Å². The summed E-state index contributed by atoms with van der Waals surface area (Å²) in [7, 11) is 2.09. The van der Waals surface area contributed by atoms with Crippen molar-refractivity contribution >= 4 is 0 Å². The summed E-state index contributed by atoms with van der Waals surface area (Å²) in [5.41, 5.74) is 1.32. The van der Waals surface area contributed by atoms with Crippen molar-refractivity contribution in [3.8, 4) is 0 Å². The number of furan rings is 1. The van der Waals surface area contributed by atoms with E-state index in [-0.39, 0.29) is 0 Å². The average Bonchev–Trinajstić information content (AvgIpc) is 2.87. The third kappa shape index (κ3) is 1.78. The summed E-state index contributed by atoms with van der Waals surface area (Å²) in [6.07, 6.45) is 9.03. The van der Waals surface area contributed by atoms with Crippen LogP contribution in [0.1, 0.15) is 31.2 Å². The minimum Gasteiger partial charge on any atom is -0.472 e. The van der Waals surface area contributed by atoms with Crippen molar-refractivity contribution in [1.82, 2.24) is 10.2 Å². The van der Waals surface area contributed by atoms with Gasteiger partial charge in [0.15, 0.2) is 0 Å². The number of hydrogen-bond acceptors (Lipinski definition) is 3. The molecule has 0 aromatic carbocycles. The molecule has 3 heteroatoms. The lowest BCUT2D eigenvalue weighted by Crippen LogP contribution is -2.47. The Morgan fingerprint density at radius 3 is 2.69 bits per heavy atom. The van der Waals surface area contributed by atoms with Crippen molar-refractivity contribution in [2.75, 3.05) is 7.05 Å². The van der Waals surface area contributed by atoms with Crippen molar-refractivity contribution in [2.45, 2.75) is 50.4 Å². The van der Waals surface area contributed by atoms with E-state index in [2.05, 4.69) is 23.3 Å². The first-order valence-corrected chi connectivity index (χ1v) is 6.31. The summed E-state index contributed by atoms with van der Waals surface area (Å²) < 4.78 is 5.15. The van der Waals surface area contributed by atoms with Crippen LogP contribution in [-0.4, -0.2) is 30.1 Å². The molecule has 0 aliphatic carbocycles. The van der Waals surface area contributed by atoms with Crippen LogP contribution in [0.15, 0.2) is 23.0 Å². The third-order valence-electron chi connectivity index (χ3n) is 4.24. The van der Waals surface area contributed by atoms with Crippen molar-refractivity contribution in [1.29, 1.82) is 0 Å². The summed E-state index contributed by atoms with van der Waals surface area (Å²) in [6, 6.07) is 4.39. The second-order valence-corrected chi connectivity index (χ2v) is 5.15. The van der Waals surface area contributed by atoms with Gasteiger partial charge in [-0.05, 0) is 38.8 Å². The van der Waals surface area contributed by atoms with Gasteiger partial charge in [-0.25, -0.2) is 0 Å². The van der Waals surface area contributed by atoms with Crippen molar-refractivity contribution < 1.29 is 4.42 Å². The summed E-state index contributed by atoms with van der Waals surface area (Å²) in [4.78, 5) is 2.68. The molecule has 1 aromatic heterocycles. The fourth-order valence-corrected chi connectivity index (χ4v) is 3.36. The average molecular weight is 220 g/mol. The van der Waals surface area contributed by atoms with E-state index in [1.807, 2.05) is 6.26 Å². The van der Waals surface area contributed by atoms with Crippen LogP contribution in [0.3, 0.4) is 0 Å². The minimum atomic E-state index is 0.734. The summed E-state index contributed by atoms with van der Waals surface area (Å²) in [6.45, 7) is 1.07. The summed E-state index contributed by atoms with van der Waals surface area (Å²) in [5.74, 6) is 0. The molecule has 3 rings (SSSR count). The Morgan fingerprint density at radius 1 is 1.38 bits per heavy atom. The van der Waals surface area contributed by atoms with Crippen LogP contribution in [0.25, 0.3) is 0 Å². The van der Waals surface area contributed by atoms with Gasteiger partial charge in [0, 0.05) is 30.2 Å². The molecule has 2 atom stereocenters. The first-order chi connectivity index (χ1) is 7.86. The van der Waals surface area contributed by atoms with Crippen molar-refractivity contribution in [2.24, 2.45) is 0 Å². The molecule has 16 heavy (non-hydrogen) atoms. The molecule has 1 N–H and O–H groups in total. The zero-order valence-corrected chi connectivity index (χ0v) is 9.86. The van der Waals surface area contributed by atoms with Crippen LogP contribution in [-0.2, 0) is 6.54 Å². The largest absolute Gasteiger partial charge is 0.472 e. The maximum absolute atomic E-state index is 5.15. The fourth-order valence-electron chi connectivity index (χ4n) is 3.36. The number of piperidine rings is 1. The lowest BCUT2D eigenvalue weighted by atomic mass is 9.97. The standard InChI is InChI=1S/C13H20N2O/c1-14-11-6-12-2-3-13(7-11)15(12)8-10-4-5-16-9-10/h4-5,9,11-14H,2-3,6-8H2,1H3. The molecule has 1 aromatic rings. The van der Waals surface area contributed by atoms with Gasteiger partial charge >= 0.3 is 0 Å². The summed E-state index contributed by atoms with van der Waals surface area (Å²) in [5, 5.41) is 3.44. The number of fused-ring (bicyclic) bond motifs is 2. The third-order valence-corrected chi connectivity index (χ3v) is 4.24. The van der Waals surface area contributed by atoms with Gasteiger partial charge < -0.3 is 9.73 Å². The highest BCUT2D eigenvalue weighted by Crippen LogP contribution is 2.36. The van der Waals surface area contributed by atoms with Crippen LogP contribution >= 0.6 is 0 Å². The fraction of sp³-hybridized carbons (Fsp3) is 0.692. The lowest BCUT2D eigenvalue weighted by Gasteiger charge is -2.38. The molecule has 2 aliphatic rings. The van der Waals surface area contributed by atoms with Gasteiger partial charge in [0.25, 0.3) is 0 Å². The van der Waals surface area contributed by atoms with Gasteiger partial charge in [-0.15, -0.1) is 0 Å². The van der Waals surface area contributed by atoms with Crippen LogP contribution in [0, 0.1) is 0 Å². The van der Waals surface area contributed by atoms with Gasteiger partial charge in [0.05, 0.1) is 12.5 Å². The number of rotatable bonds is 3. The Bertz CT molecular complexity index is 322. The van der Waals surface area contributed by atoms with E-state index in [1.54, 1.807) is 6.26 Å². The van der Waals surface area contributed by atoms with E-state index in [9.17, 15) is 0 Å². The Hall–Kier alpha value is -0.800. The maximum atomic E-state index is 5.15. The number of hydrogen-bond donors (Lipinski definition) is 1. The molecular weight excluding hydrogens is 200 g/mol. The molecule has 0 spiro atoms. The zero-order chi connectivity index (χ0) is 11.0. The van der Waals surface area contributed by atoms with E-state index < -0.39 is 0 Å². The van der Waals surface area contributed by atoms with Gasteiger partial charge in [-0.3, -0.25) is 4.90 Å². The molecule has 3 nitrogen and oxygen atoms in total. The maximum Gasteiger partial charge on any atom is 0.0947 e. The highest BCUT2D eigenvalue weighted by Gasteiger charge is 2.39. The van der Waals surface area contributed by atoms with Crippen molar-refractivity contribution in [3.63, 3.8) is 0 Å². The molecule has 2 fully saturated rings. The van der Waals surface area contributed by atoms with E-state index in [1.165, 1.54) is 31.2 Å². The zero-order valence-electron chi connectivity index (χ0n) is 9.86. The van der Waals surface area contributed by atoms with Crippen molar-refractivity contribution in [3.05, 3.63) is 24.2 Å². The van der Waals surface area contributed by atoms with Gasteiger partial charge in [0.2, 0.25) is 0 Å². The highest BCUT2D eigenvalue weighted by molar-refractivity contribution is 5.08. The van der Waals surface area contributed by atoms with Gasteiger partial charge in [-0.2, -0.15) is 0 Å². The predicted octanol–water partition coefficient (Wildman–Crippen LogP) is 1.99. The van der Waals surface area contributed by atoms with Crippen LogP contribution in [0.5, 0.6) is 0 Å². The van der Waals surface area contributed by atoms with Crippen LogP contribution < -0.4 is 5.32 Å². The second-order valence-electron chi connectivity index (χ2n) is 5.15. The smallest absolute Gasteiger partial charge is 0.0947 e. The number of nitrogens with zero attached hydrogens (tertiary/aromatic N) is 1. The topological polar surface area (TPSA) is 28.4 Å². The van der Waals surface area contributed by atoms with Crippen LogP contribution in [0.4, 0.5) is 0 Å². The quantitative estimate of drug-likeness (QED) is 0.844. The molecule has 0 saturated carbocycles.